The average molecular weight is 818 g/mol. The quantitative estimate of drug-likeness (QED) is 0.0904. The Morgan fingerprint density at radius 1 is 0.847 bits per heavy atom. The van der Waals surface area contributed by atoms with E-state index in [2.05, 4.69) is 69.9 Å². The molecule has 0 N–H and O–H groups in total. The molecule has 4 aromatic carbocycles. The van der Waals surface area contributed by atoms with Crippen molar-refractivity contribution in [3.63, 3.8) is 0 Å². The number of benzene rings is 4. The largest absolute Gasteiger partial charge is 0.493 e. The summed E-state index contributed by atoms with van der Waals surface area (Å²) in [5, 5.41) is 8.37. The van der Waals surface area contributed by atoms with Crippen molar-refractivity contribution in [2.45, 2.75) is 45.9 Å². The average Bonchev–Trinajstić information content (AvgIpc) is 3.74. The van der Waals surface area contributed by atoms with Crippen LogP contribution < -0.4 is 14.4 Å². The van der Waals surface area contributed by atoms with Gasteiger partial charge in [0, 0.05) is 88.0 Å². The van der Waals surface area contributed by atoms with Gasteiger partial charge in [0.1, 0.15) is 29.5 Å². The molecule has 0 radical (unpaired) electrons. The number of fused-ring (bicyclic) bond motifs is 3. The summed E-state index contributed by atoms with van der Waals surface area (Å²) in [6, 6.07) is 29.0. The number of carbonyl (C=O) groups is 1. The third-order valence-electron chi connectivity index (χ3n) is 11.4. The lowest BCUT2D eigenvalue weighted by atomic mass is 9.97. The van der Waals surface area contributed by atoms with Crippen molar-refractivity contribution in [1.82, 2.24) is 27.9 Å². The van der Waals surface area contributed by atoms with E-state index in [9.17, 15) is 9.00 Å². The first kappa shape index (κ1) is 40.6. The van der Waals surface area contributed by atoms with Crippen molar-refractivity contribution in [3.05, 3.63) is 108 Å². The summed E-state index contributed by atoms with van der Waals surface area (Å²) >= 11 is -1.11. The van der Waals surface area contributed by atoms with Crippen LogP contribution in [-0.4, -0.2) is 105 Å². The summed E-state index contributed by atoms with van der Waals surface area (Å²) in [5.41, 5.74) is 7.77. The summed E-state index contributed by atoms with van der Waals surface area (Å²) in [5.74, 6) is 1.33. The molecule has 310 valence electrons. The maximum absolute atomic E-state index is 14.0. The van der Waals surface area contributed by atoms with Gasteiger partial charge in [0.15, 0.2) is 11.2 Å². The second-order valence-corrected chi connectivity index (χ2v) is 17.3. The minimum absolute atomic E-state index is 0.279. The highest BCUT2D eigenvalue weighted by Gasteiger charge is 2.30. The van der Waals surface area contributed by atoms with Crippen molar-refractivity contribution in [2.75, 3.05) is 72.0 Å². The molecule has 0 amide bonds. The molecule has 0 aliphatic carbocycles. The molecule has 2 aromatic heterocycles. The highest BCUT2D eigenvalue weighted by atomic mass is 32.2. The van der Waals surface area contributed by atoms with Crippen LogP contribution in [0.15, 0.2) is 84.9 Å². The summed E-state index contributed by atoms with van der Waals surface area (Å²) in [4.78, 5) is 18.6. The fourth-order valence-corrected chi connectivity index (χ4v) is 9.57. The van der Waals surface area contributed by atoms with Gasteiger partial charge in [0.25, 0.3) is 0 Å². The normalized spacial score (nSPS) is 15.7. The lowest BCUT2D eigenvalue weighted by Crippen LogP contribution is -2.49. The molecule has 1 saturated heterocycles. The number of aromatic nitrogens is 3. The van der Waals surface area contributed by atoms with Crippen LogP contribution in [0.25, 0.3) is 32.8 Å². The molecule has 0 saturated carbocycles. The van der Waals surface area contributed by atoms with E-state index < -0.39 is 11.2 Å². The van der Waals surface area contributed by atoms with Crippen LogP contribution in [0.1, 0.15) is 47.2 Å². The molecule has 1 atom stereocenters. The molecule has 59 heavy (non-hydrogen) atoms. The van der Waals surface area contributed by atoms with Crippen molar-refractivity contribution >= 4 is 44.5 Å². The lowest BCUT2D eigenvalue weighted by molar-refractivity contribution is 0.0512. The van der Waals surface area contributed by atoms with Gasteiger partial charge in [-0.1, -0.05) is 54.6 Å². The zero-order valence-electron chi connectivity index (χ0n) is 34.9. The molecule has 0 bridgehead atoms. The van der Waals surface area contributed by atoms with Gasteiger partial charge >= 0.3 is 5.97 Å². The number of rotatable bonds is 13. The van der Waals surface area contributed by atoms with Crippen LogP contribution in [0.3, 0.4) is 0 Å². The van der Waals surface area contributed by atoms with E-state index in [4.69, 9.17) is 19.3 Å². The van der Waals surface area contributed by atoms with E-state index in [1.807, 2.05) is 73.5 Å². The molecular formula is C46H55N7O5S. The Balaban J connectivity index is 1.09. The predicted octanol–water partition coefficient (Wildman–Crippen LogP) is 7.06. The third-order valence-corrected chi connectivity index (χ3v) is 12.9. The van der Waals surface area contributed by atoms with Gasteiger partial charge in [0.2, 0.25) is 0 Å². The molecule has 6 aromatic rings. The second kappa shape index (κ2) is 18.0. The molecular weight excluding hydrogens is 763 g/mol. The molecule has 0 spiro atoms. The van der Waals surface area contributed by atoms with E-state index in [1.165, 1.54) is 0 Å². The minimum Gasteiger partial charge on any atom is -0.493 e. The van der Waals surface area contributed by atoms with Gasteiger partial charge < -0.3 is 28.6 Å². The van der Waals surface area contributed by atoms with E-state index in [-0.39, 0.29) is 12.6 Å². The molecule has 2 aliphatic heterocycles. The highest BCUT2D eigenvalue weighted by Crippen LogP contribution is 2.40. The second-order valence-electron chi connectivity index (χ2n) is 15.6. The number of para-hydroxylation sites is 1. The summed E-state index contributed by atoms with van der Waals surface area (Å²) in [7, 11) is 7.84. The maximum Gasteiger partial charge on any atom is 0.355 e. The predicted molar refractivity (Wildman–Crippen MR) is 235 cm³/mol. The van der Waals surface area contributed by atoms with Gasteiger partial charge in [0.05, 0.1) is 24.4 Å². The van der Waals surface area contributed by atoms with Crippen LogP contribution in [0.5, 0.6) is 11.5 Å². The van der Waals surface area contributed by atoms with E-state index in [1.54, 1.807) is 4.31 Å². The Labute approximate surface area is 349 Å². The minimum atomic E-state index is -1.11. The van der Waals surface area contributed by atoms with Gasteiger partial charge in [-0.25, -0.2) is 17.6 Å². The molecule has 4 heterocycles. The molecule has 2 aliphatic rings. The first-order chi connectivity index (χ1) is 28.7. The number of anilines is 1. The van der Waals surface area contributed by atoms with E-state index in [0.717, 1.165) is 119 Å². The smallest absolute Gasteiger partial charge is 0.355 e. The fraction of sp³-hybridized carbons (Fsp3) is 0.391. The maximum atomic E-state index is 14.0. The van der Waals surface area contributed by atoms with Crippen LogP contribution >= 0.6 is 0 Å². The number of esters is 1. The van der Waals surface area contributed by atoms with E-state index in [0.29, 0.717) is 31.9 Å². The molecule has 8 rings (SSSR count). The molecule has 12 nitrogen and oxygen atoms in total. The fourth-order valence-electron chi connectivity index (χ4n) is 8.63. The van der Waals surface area contributed by atoms with Crippen molar-refractivity contribution in [1.29, 1.82) is 0 Å². The number of carbonyl (C=O) groups excluding carboxylic acids is 1. The first-order valence-electron chi connectivity index (χ1n) is 20.7. The number of hydrogen-bond donors (Lipinski definition) is 0. The Morgan fingerprint density at radius 2 is 1.59 bits per heavy atom. The van der Waals surface area contributed by atoms with Gasteiger partial charge in [-0.2, -0.15) is 5.10 Å². The summed E-state index contributed by atoms with van der Waals surface area (Å²) in [6.07, 6.45) is 2.25. The lowest BCUT2D eigenvalue weighted by Gasteiger charge is -2.36. The number of hydrogen-bond acceptors (Lipinski definition) is 8. The Hall–Kier alpha value is -5.21. The standard InChI is InChI=1S/C46H55N7O5S/c1-6-56-46(54)45-38(18-11-30-57-42-19-9-14-33-13-7-8-15-36(33)42)37-16-10-17-39-43-40(47-50(5)41(43)31-49(4)24-12-25-53(45)44(37)39)32-58-35-22-20-34(21-23-35)51-26-28-52(29-27-51)59(55)48(2)3/h7-10,13-17,19-23H,6,11-12,18,24-32H2,1-5H3. The Morgan fingerprint density at radius 3 is 2.37 bits per heavy atom. The zero-order valence-corrected chi connectivity index (χ0v) is 35.7. The number of nitrogens with zero attached hydrogens (tertiary/aromatic N) is 7. The number of piperazine rings is 1. The van der Waals surface area contributed by atoms with Crippen LogP contribution in [0.2, 0.25) is 0 Å². The topological polar surface area (TPSA) is 97.5 Å². The SMILES string of the molecule is CCOC(=O)c1c(CCCOc2cccc3ccccc23)c2cccc3c2n1CCCN(C)Cc1c-3c(COc2ccc(N3CCN(S(=O)N(C)C)CC3)cc2)nn1C. The van der Waals surface area contributed by atoms with Crippen molar-refractivity contribution < 1.29 is 23.2 Å². The third kappa shape index (κ3) is 8.47. The van der Waals surface area contributed by atoms with Crippen LogP contribution in [0.4, 0.5) is 5.69 Å². The zero-order chi connectivity index (χ0) is 41.0. The van der Waals surface area contributed by atoms with Gasteiger partial charge in [-0.05, 0) is 81.1 Å². The Bertz CT molecular complexity index is 2450. The number of ether oxygens (including phenoxy) is 3. The molecule has 1 unspecified atom stereocenters. The van der Waals surface area contributed by atoms with Crippen molar-refractivity contribution in [2.24, 2.45) is 7.05 Å². The monoisotopic (exact) mass is 817 g/mol. The highest BCUT2D eigenvalue weighted by molar-refractivity contribution is 7.80. The van der Waals surface area contributed by atoms with Gasteiger partial charge in [-0.3, -0.25) is 4.68 Å². The molecule has 13 heteroatoms. The van der Waals surface area contributed by atoms with Crippen molar-refractivity contribution in [3.8, 4) is 22.6 Å². The molecule has 1 fully saturated rings. The Kier molecular flexibility index (Phi) is 12.3. The van der Waals surface area contributed by atoms with Crippen LogP contribution in [-0.2, 0) is 49.1 Å². The first-order valence-corrected chi connectivity index (χ1v) is 21.8. The van der Waals surface area contributed by atoms with E-state index >= 15 is 0 Å². The number of aryl methyl sites for hydroxylation is 3. The van der Waals surface area contributed by atoms with Gasteiger partial charge in [-0.15, -0.1) is 0 Å². The summed E-state index contributed by atoms with van der Waals surface area (Å²) < 4.78 is 39.1. The summed E-state index contributed by atoms with van der Waals surface area (Å²) in [6.45, 7) is 8.29. The van der Waals surface area contributed by atoms with Crippen LogP contribution in [0, 0.1) is 0 Å².